The molecule has 1 aromatic heterocycles. The van der Waals surface area contributed by atoms with Gasteiger partial charge < -0.3 is 19.6 Å². The number of likely N-dealkylation sites (tertiary alicyclic amines) is 1. The van der Waals surface area contributed by atoms with E-state index >= 15 is 0 Å². The lowest BCUT2D eigenvalue weighted by atomic mass is 10.0. The Kier molecular flexibility index (Phi) is 7.99. The zero-order valence-electron chi connectivity index (χ0n) is 20.9. The number of hydrogen-bond donors (Lipinski definition) is 1. The highest BCUT2D eigenvalue weighted by molar-refractivity contribution is 5.65. The molecule has 200 valence electrons. The topological polar surface area (TPSA) is 85.3 Å². The van der Waals surface area contributed by atoms with Gasteiger partial charge in [0.1, 0.15) is 12.4 Å². The van der Waals surface area contributed by atoms with Crippen molar-refractivity contribution >= 4 is 11.9 Å². The van der Waals surface area contributed by atoms with E-state index in [4.69, 9.17) is 14.7 Å². The largest absolute Gasteiger partial charge is 0.465 e. The summed E-state index contributed by atoms with van der Waals surface area (Å²) in [7, 11) is 0. The number of hydrogen-bond acceptors (Lipinski definition) is 7. The van der Waals surface area contributed by atoms with Crippen LogP contribution in [-0.2, 0) is 19.5 Å². The molecule has 0 unspecified atom stereocenters. The lowest BCUT2D eigenvalue weighted by Gasteiger charge is -2.37. The number of carbonyl (C=O) groups is 1. The lowest BCUT2D eigenvalue weighted by Crippen LogP contribution is -2.49. The van der Waals surface area contributed by atoms with E-state index in [9.17, 15) is 18.7 Å². The van der Waals surface area contributed by atoms with Gasteiger partial charge in [-0.15, -0.1) is 0 Å². The van der Waals surface area contributed by atoms with Crippen molar-refractivity contribution in [2.75, 3.05) is 57.3 Å². The van der Waals surface area contributed by atoms with Crippen LogP contribution in [0.4, 0.5) is 19.4 Å². The van der Waals surface area contributed by atoms with Crippen LogP contribution < -0.4 is 9.64 Å². The normalized spacial score (nSPS) is 20.9. The van der Waals surface area contributed by atoms with Crippen molar-refractivity contribution in [3.63, 3.8) is 0 Å². The molecule has 4 heterocycles. The third-order valence-electron chi connectivity index (χ3n) is 7.48. The highest BCUT2D eigenvalue weighted by Gasteiger charge is 2.30. The van der Waals surface area contributed by atoms with Crippen LogP contribution in [0, 0.1) is 0 Å². The molecule has 1 atom stereocenters. The third kappa shape index (κ3) is 6.27. The van der Waals surface area contributed by atoms with E-state index in [0.29, 0.717) is 39.3 Å². The van der Waals surface area contributed by atoms with Gasteiger partial charge in [-0.3, -0.25) is 9.80 Å². The molecular weight excluding hydrogens is 482 g/mol. The molecule has 0 aliphatic carbocycles. The second kappa shape index (κ2) is 11.6. The summed E-state index contributed by atoms with van der Waals surface area (Å²) in [5.74, 6) is 0.806. The third-order valence-corrected chi connectivity index (χ3v) is 7.48. The van der Waals surface area contributed by atoms with Crippen LogP contribution in [0.1, 0.15) is 29.7 Å². The summed E-state index contributed by atoms with van der Waals surface area (Å²) in [6.45, 7) is 4.95. The molecule has 1 N–H and O–H groups in total. The molecule has 5 rings (SSSR count). The number of halogens is 2. The first-order chi connectivity index (χ1) is 18.0. The molecule has 2 saturated heterocycles. The fourth-order valence-corrected chi connectivity index (χ4v) is 5.53. The molecule has 0 bridgehead atoms. The Morgan fingerprint density at radius 2 is 1.86 bits per heavy atom. The van der Waals surface area contributed by atoms with Crippen LogP contribution in [0.5, 0.6) is 6.01 Å². The maximum Gasteiger partial charge on any atom is 0.407 e. The number of piperazine rings is 1. The van der Waals surface area contributed by atoms with Gasteiger partial charge in [0.05, 0.1) is 12.2 Å². The summed E-state index contributed by atoms with van der Waals surface area (Å²) in [4.78, 5) is 28.6. The average molecular weight is 517 g/mol. The molecule has 0 saturated carbocycles. The number of nitrogens with zero attached hydrogens (tertiary/aromatic N) is 6. The second-order valence-corrected chi connectivity index (χ2v) is 9.95. The zero-order valence-corrected chi connectivity index (χ0v) is 20.9. The molecule has 11 heteroatoms. The smallest absolute Gasteiger partial charge is 0.407 e. The number of aromatic nitrogens is 2. The Morgan fingerprint density at radius 3 is 2.59 bits per heavy atom. The van der Waals surface area contributed by atoms with Crippen LogP contribution >= 0.6 is 0 Å². The van der Waals surface area contributed by atoms with Crippen molar-refractivity contribution in [1.82, 2.24) is 24.7 Å². The predicted octanol–water partition coefficient (Wildman–Crippen LogP) is 2.94. The van der Waals surface area contributed by atoms with E-state index in [2.05, 4.69) is 21.9 Å². The van der Waals surface area contributed by atoms with E-state index < -0.39 is 12.5 Å². The molecule has 2 fully saturated rings. The van der Waals surface area contributed by atoms with Crippen LogP contribution in [0.3, 0.4) is 0 Å². The highest BCUT2D eigenvalue weighted by Crippen LogP contribution is 2.30. The summed E-state index contributed by atoms with van der Waals surface area (Å²) in [5.41, 5.74) is 3.24. The highest BCUT2D eigenvalue weighted by atomic mass is 19.3. The summed E-state index contributed by atoms with van der Waals surface area (Å²) in [6.07, 6.45) is -0.796. The summed E-state index contributed by atoms with van der Waals surface area (Å²) < 4.78 is 32.0. The Morgan fingerprint density at radius 1 is 1.08 bits per heavy atom. The van der Waals surface area contributed by atoms with Crippen molar-refractivity contribution in [1.29, 1.82) is 0 Å². The Balaban J connectivity index is 1.34. The van der Waals surface area contributed by atoms with Crippen molar-refractivity contribution < 1.29 is 23.4 Å². The molecule has 9 nitrogen and oxygen atoms in total. The van der Waals surface area contributed by atoms with Crippen LogP contribution in [0.15, 0.2) is 30.3 Å². The number of amides is 1. The number of ether oxygens (including phenoxy) is 1. The first-order valence-electron chi connectivity index (χ1n) is 13.0. The quantitative estimate of drug-likeness (QED) is 0.574. The van der Waals surface area contributed by atoms with Crippen molar-refractivity contribution in [2.24, 2.45) is 0 Å². The number of carboxylic acid groups (broad SMARTS) is 1. The van der Waals surface area contributed by atoms with Gasteiger partial charge in [-0.25, -0.2) is 13.6 Å². The zero-order chi connectivity index (χ0) is 25.8. The maximum absolute atomic E-state index is 13.0. The second-order valence-electron chi connectivity index (χ2n) is 9.95. The van der Waals surface area contributed by atoms with E-state index in [1.807, 2.05) is 18.2 Å². The maximum atomic E-state index is 13.0. The van der Waals surface area contributed by atoms with E-state index in [0.717, 1.165) is 49.4 Å². The molecule has 0 spiro atoms. The molecule has 3 aliphatic rings. The Labute approximate surface area is 215 Å². The number of anilines is 1. The molecule has 1 amide bonds. The van der Waals surface area contributed by atoms with E-state index in [1.165, 1.54) is 10.5 Å². The van der Waals surface area contributed by atoms with E-state index in [-0.39, 0.29) is 25.2 Å². The van der Waals surface area contributed by atoms with Crippen LogP contribution in [-0.4, -0.2) is 101 Å². The van der Waals surface area contributed by atoms with Crippen molar-refractivity contribution in [2.45, 2.75) is 44.8 Å². The van der Waals surface area contributed by atoms with Crippen LogP contribution in [0.25, 0.3) is 0 Å². The van der Waals surface area contributed by atoms with Gasteiger partial charge in [-0.2, -0.15) is 9.97 Å². The van der Waals surface area contributed by atoms with Gasteiger partial charge in [-0.1, -0.05) is 30.3 Å². The minimum Gasteiger partial charge on any atom is -0.465 e. The SMILES string of the molecule is O=C(O)N1CCN(c2nc(OC[C@@H]3CCCN3CC(F)F)nc3c2CCN(Cc2ccccc2)C3)CC1. The fourth-order valence-electron chi connectivity index (χ4n) is 5.53. The van der Waals surface area contributed by atoms with Gasteiger partial charge in [-0.05, 0) is 31.4 Å². The minimum atomic E-state index is -2.37. The number of rotatable bonds is 8. The molecule has 0 radical (unpaired) electrons. The Hall–Kier alpha value is -3.05. The summed E-state index contributed by atoms with van der Waals surface area (Å²) in [5, 5.41) is 9.34. The lowest BCUT2D eigenvalue weighted by molar-refractivity contribution is 0.0683. The summed E-state index contributed by atoms with van der Waals surface area (Å²) >= 11 is 0. The molecule has 3 aliphatic heterocycles. The Bertz CT molecular complexity index is 1070. The van der Waals surface area contributed by atoms with E-state index in [1.54, 1.807) is 4.90 Å². The van der Waals surface area contributed by atoms with Gasteiger partial charge in [0, 0.05) is 57.4 Å². The van der Waals surface area contributed by atoms with Gasteiger partial charge in [0.15, 0.2) is 0 Å². The van der Waals surface area contributed by atoms with Crippen molar-refractivity contribution in [3.8, 4) is 6.01 Å². The molecule has 37 heavy (non-hydrogen) atoms. The van der Waals surface area contributed by atoms with Gasteiger partial charge in [0.25, 0.3) is 6.43 Å². The predicted molar refractivity (Wildman–Crippen MR) is 134 cm³/mol. The summed E-state index contributed by atoms with van der Waals surface area (Å²) in [6, 6.07) is 10.5. The first kappa shape index (κ1) is 25.6. The standard InChI is InChI=1S/C26H34F2N6O3/c27-23(28)17-34-9-4-7-20(34)18-37-25-29-22-16-31(15-19-5-2-1-3-6-19)10-8-21(22)24(30-25)32-11-13-33(14-12-32)26(35)36/h1-3,5-6,20,23H,4,7-18H2,(H,35,36)/t20-/m0/s1. The van der Waals surface area contributed by atoms with Gasteiger partial charge >= 0.3 is 12.1 Å². The fraction of sp³-hybridized carbons (Fsp3) is 0.577. The van der Waals surface area contributed by atoms with Gasteiger partial charge in [0.2, 0.25) is 0 Å². The molecule has 2 aromatic rings. The first-order valence-corrected chi connectivity index (χ1v) is 13.0. The number of benzene rings is 1. The minimum absolute atomic E-state index is 0.0780. The number of fused-ring (bicyclic) bond motifs is 1. The van der Waals surface area contributed by atoms with Crippen LogP contribution in [0.2, 0.25) is 0 Å². The average Bonchev–Trinajstić information content (AvgIpc) is 3.33. The molecule has 1 aromatic carbocycles. The number of alkyl halides is 2. The van der Waals surface area contributed by atoms with Crippen molar-refractivity contribution in [3.05, 3.63) is 47.2 Å². The monoisotopic (exact) mass is 516 g/mol. The molecular formula is C26H34F2N6O3.